The van der Waals surface area contributed by atoms with Gasteiger partial charge in [-0.1, -0.05) is 64.0 Å². The Morgan fingerprint density at radius 3 is 1.69 bits per heavy atom. The molecule has 0 rings (SSSR count). The normalized spacial score (nSPS) is 12.8. The van der Waals surface area contributed by atoms with E-state index >= 15 is 0 Å². The van der Waals surface area contributed by atoms with Crippen LogP contribution in [0.5, 0.6) is 0 Å². The second-order valence-electron chi connectivity index (χ2n) is 7.23. The van der Waals surface area contributed by atoms with Crippen molar-refractivity contribution < 1.29 is 40.5 Å². The Hall–Kier alpha value is -1.03. The lowest BCUT2D eigenvalue weighted by Crippen LogP contribution is -2.49. The molecule has 0 saturated carbocycles. The van der Waals surface area contributed by atoms with E-state index in [0.29, 0.717) is 6.42 Å². The lowest BCUT2D eigenvalue weighted by atomic mass is 10.0. The molecule has 0 saturated heterocycles. The summed E-state index contributed by atoms with van der Waals surface area (Å²) in [6.07, 6.45) is 14.1. The van der Waals surface area contributed by atoms with Crippen LogP contribution < -0.4 is 0 Å². The molecular weight excluding hydrogens is 380 g/mol. The van der Waals surface area contributed by atoms with Crippen LogP contribution in [-0.2, 0) is 4.79 Å². The van der Waals surface area contributed by atoms with E-state index in [1.54, 1.807) is 0 Å². The first-order chi connectivity index (χ1) is 13.7. The number of hydrogen-bond acceptors (Lipinski definition) is 7. The van der Waals surface area contributed by atoms with Crippen molar-refractivity contribution in [3.63, 3.8) is 0 Å². The quantitative estimate of drug-likeness (QED) is 0.106. The minimum absolute atomic E-state index is 0.0702. The Labute approximate surface area is 174 Å². The van der Waals surface area contributed by atoms with E-state index in [4.69, 9.17) is 30.6 Å². The van der Waals surface area contributed by atoms with Crippen LogP contribution in [0.15, 0.2) is 12.2 Å². The molecule has 8 heteroatoms. The molecule has 0 bridgehead atoms. The first-order valence-electron chi connectivity index (χ1n) is 10.6. The summed E-state index contributed by atoms with van der Waals surface area (Å²) in [5.74, 6) is -4.86. The van der Waals surface area contributed by atoms with Crippen molar-refractivity contribution in [3.8, 4) is 0 Å². The van der Waals surface area contributed by atoms with Gasteiger partial charge in [-0.3, -0.25) is 0 Å². The van der Waals surface area contributed by atoms with Gasteiger partial charge in [-0.2, -0.15) is 0 Å². The van der Waals surface area contributed by atoms with Crippen molar-refractivity contribution in [2.75, 3.05) is 13.2 Å². The van der Waals surface area contributed by atoms with E-state index in [9.17, 15) is 9.90 Å². The molecule has 1 atom stereocenters. The average molecular weight is 423 g/mol. The summed E-state index contributed by atoms with van der Waals surface area (Å²) in [5, 5.41) is 60.3. The highest BCUT2D eigenvalue weighted by molar-refractivity contribution is 5.75. The number of aliphatic hydroxyl groups is 6. The van der Waals surface area contributed by atoms with Gasteiger partial charge in [-0.15, -0.1) is 0 Å². The molecule has 0 aromatic carbocycles. The summed E-state index contributed by atoms with van der Waals surface area (Å²) >= 11 is 0. The Bertz CT molecular complexity index is 394. The van der Waals surface area contributed by atoms with Gasteiger partial charge >= 0.3 is 5.97 Å². The summed E-state index contributed by atoms with van der Waals surface area (Å²) in [4.78, 5) is 10.5. The Morgan fingerprint density at radius 2 is 1.28 bits per heavy atom. The third-order valence-corrected chi connectivity index (χ3v) is 4.44. The van der Waals surface area contributed by atoms with Gasteiger partial charge in [-0.05, 0) is 32.1 Å². The smallest absolute Gasteiger partial charge is 0.366 e. The summed E-state index contributed by atoms with van der Waals surface area (Å²) < 4.78 is 0. The largest absolute Gasteiger partial charge is 0.477 e. The third kappa shape index (κ3) is 18.7. The molecule has 0 aliphatic carbocycles. The van der Waals surface area contributed by atoms with Crippen molar-refractivity contribution in [2.24, 2.45) is 0 Å². The molecule has 0 aliphatic heterocycles. The molecule has 1 unspecified atom stereocenters. The molecule has 7 N–H and O–H groups in total. The van der Waals surface area contributed by atoms with Crippen LogP contribution in [0.2, 0.25) is 0 Å². The molecule has 0 radical (unpaired) electrons. The van der Waals surface area contributed by atoms with E-state index in [1.807, 2.05) is 0 Å². The fraction of sp³-hybridized carbons (Fsp3) is 0.857. The monoisotopic (exact) mass is 422 g/mol. The Kier molecular flexibility index (Phi) is 21.1. The maximum absolute atomic E-state index is 10.5. The fourth-order valence-electron chi connectivity index (χ4n) is 2.46. The minimum Gasteiger partial charge on any atom is -0.477 e. The summed E-state index contributed by atoms with van der Waals surface area (Å²) in [6, 6.07) is 0. The van der Waals surface area contributed by atoms with E-state index in [-0.39, 0.29) is 19.6 Å². The second-order valence-corrected chi connectivity index (χ2v) is 7.23. The van der Waals surface area contributed by atoms with E-state index in [0.717, 1.165) is 25.7 Å². The van der Waals surface area contributed by atoms with Gasteiger partial charge in [0.25, 0.3) is 5.79 Å². The Morgan fingerprint density at radius 1 is 0.828 bits per heavy atom. The van der Waals surface area contributed by atoms with Crippen molar-refractivity contribution in [3.05, 3.63) is 12.2 Å². The molecule has 0 fully saturated rings. The predicted octanol–water partition coefficient (Wildman–Crippen LogP) is 1.70. The number of hydrogen-bond donors (Lipinski definition) is 7. The summed E-state index contributed by atoms with van der Waals surface area (Å²) in [5.41, 5.74) is 0. The molecule has 0 heterocycles. The number of rotatable bonds is 17. The number of allylic oxidation sites excluding steroid dienone is 2. The van der Waals surface area contributed by atoms with Crippen LogP contribution in [0, 0.1) is 0 Å². The van der Waals surface area contributed by atoms with Gasteiger partial charge < -0.3 is 35.7 Å². The second kappa shape index (κ2) is 20.3. The number of aliphatic hydroxyl groups excluding tert-OH is 4. The standard InChI is InChI=1S/C18H34O5.C3H8O3/c1-2-3-4-5-6-7-8-9-10-11-12-13-14-15-16(19)18(22,23)17(20)21;4-1-3(6)2-5/h9-10,16,19,22-23H,2-8,11-15H2,1H3,(H,20,21);3-6H,1-2H2. The van der Waals surface area contributed by atoms with Gasteiger partial charge in [0.1, 0.15) is 12.2 Å². The molecule has 174 valence electrons. The molecule has 0 amide bonds. The van der Waals surface area contributed by atoms with E-state index < -0.39 is 24.0 Å². The summed E-state index contributed by atoms with van der Waals surface area (Å²) in [6.45, 7) is 1.49. The maximum Gasteiger partial charge on any atom is 0.366 e. The number of carboxylic acid groups (broad SMARTS) is 1. The summed E-state index contributed by atoms with van der Waals surface area (Å²) in [7, 11) is 0. The van der Waals surface area contributed by atoms with Gasteiger partial charge in [0.05, 0.1) is 13.2 Å². The van der Waals surface area contributed by atoms with Crippen LogP contribution in [0.4, 0.5) is 0 Å². The fourth-order valence-corrected chi connectivity index (χ4v) is 2.46. The van der Waals surface area contributed by atoms with Crippen molar-refractivity contribution in [2.45, 2.75) is 102 Å². The van der Waals surface area contributed by atoms with Crippen LogP contribution >= 0.6 is 0 Å². The van der Waals surface area contributed by atoms with Crippen LogP contribution in [0.3, 0.4) is 0 Å². The molecule has 0 aliphatic rings. The topological polar surface area (TPSA) is 159 Å². The van der Waals surface area contributed by atoms with Crippen molar-refractivity contribution in [1.82, 2.24) is 0 Å². The minimum atomic E-state index is -3.04. The number of aliphatic carboxylic acids is 1. The van der Waals surface area contributed by atoms with Crippen molar-refractivity contribution in [1.29, 1.82) is 0 Å². The first-order valence-corrected chi connectivity index (χ1v) is 10.6. The maximum atomic E-state index is 10.5. The van der Waals surface area contributed by atoms with Gasteiger partial charge in [0, 0.05) is 0 Å². The zero-order chi connectivity index (χ0) is 22.5. The zero-order valence-corrected chi connectivity index (χ0v) is 17.7. The number of unbranched alkanes of at least 4 members (excludes halogenated alkanes) is 9. The third-order valence-electron chi connectivity index (χ3n) is 4.44. The molecule has 0 aromatic heterocycles. The average Bonchev–Trinajstić information content (AvgIpc) is 2.70. The van der Waals surface area contributed by atoms with Crippen LogP contribution in [0.1, 0.15) is 84.0 Å². The van der Waals surface area contributed by atoms with E-state index in [1.165, 1.54) is 38.5 Å². The van der Waals surface area contributed by atoms with Crippen LogP contribution in [-0.4, -0.2) is 72.9 Å². The highest BCUT2D eigenvalue weighted by Crippen LogP contribution is 2.15. The predicted molar refractivity (Wildman–Crippen MR) is 111 cm³/mol. The lowest BCUT2D eigenvalue weighted by Gasteiger charge is -2.22. The molecule has 0 aromatic rings. The lowest BCUT2D eigenvalue weighted by molar-refractivity contribution is -0.237. The first kappa shape index (κ1) is 30.2. The van der Waals surface area contributed by atoms with Gasteiger partial charge in [-0.25, -0.2) is 4.79 Å². The highest BCUT2D eigenvalue weighted by Gasteiger charge is 2.41. The Balaban J connectivity index is 0. The molecular formula is C21H42O8. The van der Waals surface area contributed by atoms with Crippen molar-refractivity contribution >= 4 is 5.97 Å². The SMILES string of the molecule is CCCCCCCCC=CCCCCCC(O)C(O)(O)C(=O)O.OCC(O)CO. The van der Waals surface area contributed by atoms with Crippen LogP contribution in [0.25, 0.3) is 0 Å². The molecule has 0 spiro atoms. The van der Waals surface area contributed by atoms with Gasteiger partial charge in [0.2, 0.25) is 0 Å². The zero-order valence-electron chi connectivity index (χ0n) is 17.7. The molecule has 8 nitrogen and oxygen atoms in total. The number of carboxylic acids is 1. The number of carbonyl (C=O) groups is 1. The van der Waals surface area contributed by atoms with Gasteiger partial charge in [0.15, 0.2) is 0 Å². The highest BCUT2D eigenvalue weighted by atomic mass is 16.6. The molecule has 29 heavy (non-hydrogen) atoms. The van der Waals surface area contributed by atoms with E-state index in [2.05, 4.69) is 19.1 Å².